The minimum absolute atomic E-state index is 0.0154. The van der Waals surface area contributed by atoms with E-state index >= 15 is 0 Å². The molecule has 8 nitrogen and oxygen atoms in total. The highest BCUT2D eigenvalue weighted by Crippen LogP contribution is 2.45. The van der Waals surface area contributed by atoms with Gasteiger partial charge in [-0.25, -0.2) is 4.79 Å². The van der Waals surface area contributed by atoms with Gasteiger partial charge >= 0.3 is 12.0 Å². The average Bonchev–Trinajstić information content (AvgIpc) is 3.59. The molecule has 2 aromatic rings. The Morgan fingerprint density at radius 2 is 1.76 bits per heavy atom. The van der Waals surface area contributed by atoms with Gasteiger partial charge in [-0.2, -0.15) is 0 Å². The number of amides is 2. The fourth-order valence-corrected chi connectivity index (χ4v) is 6.71. The fourth-order valence-electron chi connectivity index (χ4n) is 6.71. The van der Waals surface area contributed by atoms with Crippen LogP contribution in [0.4, 0.5) is 4.79 Å². The van der Waals surface area contributed by atoms with Crippen molar-refractivity contribution in [2.24, 2.45) is 5.92 Å². The molecule has 1 aromatic heterocycles. The molecule has 2 N–H and O–H groups in total. The summed E-state index contributed by atoms with van der Waals surface area (Å²) in [4.78, 5) is 26.5. The Kier molecular flexibility index (Phi) is 6.69. The molecule has 8 heteroatoms. The van der Waals surface area contributed by atoms with Gasteiger partial charge in [0.05, 0.1) is 18.6 Å². The predicted molar refractivity (Wildman–Crippen MR) is 137 cm³/mol. The predicted octanol–water partition coefficient (Wildman–Crippen LogP) is 5.39. The number of aliphatic carboxylic acids is 1. The Hall–Kier alpha value is -2.87. The van der Waals surface area contributed by atoms with E-state index in [0.717, 1.165) is 73.9 Å². The highest BCUT2D eigenvalue weighted by Gasteiger charge is 2.44. The van der Waals surface area contributed by atoms with Crippen LogP contribution >= 0.6 is 0 Å². The summed E-state index contributed by atoms with van der Waals surface area (Å²) in [6, 6.07) is 8.75. The lowest BCUT2D eigenvalue weighted by molar-refractivity contribution is -0.142. The monoisotopic (exact) mass is 507 g/mol. The van der Waals surface area contributed by atoms with Crippen molar-refractivity contribution in [1.29, 1.82) is 0 Å². The van der Waals surface area contributed by atoms with Crippen LogP contribution in [0.2, 0.25) is 0 Å². The molecule has 37 heavy (non-hydrogen) atoms. The van der Waals surface area contributed by atoms with E-state index in [1.165, 1.54) is 5.56 Å². The number of hydrogen-bond acceptors (Lipinski definition) is 5. The zero-order valence-corrected chi connectivity index (χ0v) is 21.5. The van der Waals surface area contributed by atoms with E-state index in [0.29, 0.717) is 25.4 Å². The van der Waals surface area contributed by atoms with Gasteiger partial charge in [0, 0.05) is 35.2 Å². The number of nitrogens with zero attached hydrogens (tertiary/aromatic N) is 2. The first-order valence-corrected chi connectivity index (χ1v) is 14.0. The Morgan fingerprint density at radius 1 is 1.05 bits per heavy atom. The van der Waals surface area contributed by atoms with E-state index in [1.54, 1.807) is 0 Å². The number of nitrogens with one attached hydrogen (secondary N) is 1. The van der Waals surface area contributed by atoms with Crippen LogP contribution in [0.3, 0.4) is 0 Å². The molecule has 3 heterocycles. The first kappa shape index (κ1) is 24.5. The van der Waals surface area contributed by atoms with Gasteiger partial charge in [0.2, 0.25) is 0 Å². The lowest BCUT2D eigenvalue weighted by Gasteiger charge is -2.40. The van der Waals surface area contributed by atoms with Crippen molar-refractivity contribution in [3.8, 4) is 11.3 Å². The van der Waals surface area contributed by atoms with E-state index in [1.807, 2.05) is 12.1 Å². The number of hydrogen-bond donors (Lipinski definition) is 2. The van der Waals surface area contributed by atoms with Crippen LogP contribution in [0.1, 0.15) is 87.0 Å². The standard InChI is InChI=1S/C29H37N3O5/c1-17-4-2-3-5-24(17)26-25(27(37-31-26)18-6-7-18)16-36-23-14-21-12-13-22(15-23)32(21)29(35)30-20-10-8-19(9-11-20)28(33)34/h2-5,18-23H,6-16H2,1H3,(H,30,35)(H,33,34). The number of carboxylic acid groups (broad SMARTS) is 1. The minimum Gasteiger partial charge on any atom is -0.481 e. The quantitative estimate of drug-likeness (QED) is 0.520. The largest absolute Gasteiger partial charge is 0.481 e. The first-order chi connectivity index (χ1) is 18.0. The molecule has 1 aromatic carbocycles. The van der Waals surface area contributed by atoms with Gasteiger partial charge in [-0.05, 0) is 76.7 Å². The van der Waals surface area contributed by atoms with E-state index in [4.69, 9.17) is 9.26 Å². The molecule has 2 saturated carbocycles. The zero-order chi connectivity index (χ0) is 25.5. The highest BCUT2D eigenvalue weighted by molar-refractivity contribution is 5.76. The summed E-state index contributed by atoms with van der Waals surface area (Å²) in [5.74, 6) is 0.451. The average molecular weight is 508 g/mol. The van der Waals surface area contributed by atoms with Gasteiger partial charge in [0.15, 0.2) is 0 Å². The molecule has 4 aliphatic rings. The van der Waals surface area contributed by atoms with Crippen LogP contribution in [0.25, 0.3) is 11.3 Å². The van der Waals surface area contributed by atoms with Gasteiger partial charge in [0.25, 0.3) is 0 Å². The van der Waals surface area contributed by atoms with Crippen LogP contribution in [0.15, 0.2) is 28.8 Å². The second-order valence-electron chi connectivity index (χ2n) is 11.5. The van der Waals surface area contributed by atoms with Crippen LogP contribution in [0, 0.1) is 12.8 Å². The normalized spacial score (nSPS) is 29.3. The maximum Gasteiger partial charge on any atom is 0.318 e. The van der Waals surface area contributed by atoms with Crippen molar-refractivity contribution in [2.45, 2.75) is 108 Å². The number of ether oxygens (including phenoxy) is 1. The molecular formula is C29H37N3O5. The number of fused-ring (bicyclic) bond motifs is 2. The van der Waals surface area contributed by atoms with E-state index in [2.05, 4.69) is 34.4 Å². The summed E-state index contributed by atoms with van der Waals surface area (Å²) in [6.45, 7) is 2.59. The van der Waals surface area contributed by atoms with E-state index in [9.17, 15) is 14.7 Å². The summed E-state index contributed by atoms with van der Waals surface area (Å²) in [5.41, 5.74) is 4.26. The van der Waals surface area contributed by atoms with Gasteiger partial charge in [-0.1, -0.05) is 29.4 Å². The summed E-state index contributed by atoms with van der Waals surface area (Å²) < 4.78 is 12.4. The SMILES string of the molecule is Cc1ccccc1-c1noc(C2CC2)c1COC1CC2CCC(C1)N2C(=O)NC1CCC(C(=O)O)CC1. The second kappa shape index (κ2) is 10.1. The number of urea groups is 1. The molecule has 2 unspecified atom stereocenters. The number of carbonyl (C=O) groups excluding carboxylic acids is 1. The third-order valence-electron chi connectivity index (χ3n) is 8.96. The number of carboxylic acids is 1. The smallest absolute Gasteiger partial charge is 0.318 e. The number of rotatable bonds is 7. The molecule has 198 valence electrons. The highest BCUT2D eigenvalue weighted by atomic mass is 16.5. The van der Waals surface area contributed by atoms with Crippen molar-refractivity contribution in [3.05, 3.63) is 41.2 Å². The lowest BCUT2D eigenvalue weighted by atomic mass is 9.86. The van der Waals surface area contributed by atoms with Gasteiger partial charge < -0.3 is 24.6 Å². The van der Waals surface area contributed by atoms with Crippen LogP contribution < -0.4 is 5.32 Å². The second-order valence-corrected chi connectivity index (χ2v) is 11.5. The van der Waals surface area contributed by atoms with Crippen LogP contribution in [-0.4, -0.2) is 51.4 Å². The molecule has 2 aliphatic carbocycles. The number of aryl methyl sites for hydroxylation is 1. The van der Waals surface area contributed by atoms with Crippen molar-refractivity contribution < 1.29 is 24.0 Å². The molecule has 6 rings (SSSR count). The third kappa shape index (κ3) is 5.00. The Balaban J connectivity index is 1.08. The fraction of sp³-hybridized carbons (Fsp3) is 0.621. The summed E-state index contributed by atoms with van der Waals surface area (Å²) in [7, 11) is 0. The number of piperidine rings is 1. The van der Waals surface area contributed by atoms with Crippen molar-refractivity contribution in [1.82, 2.24) is 15.4 Å². The maximum absolute atomic E-state index is 13.2. The number of carbonyl (C=O) groups is 2. The van der Waals surface area contributed by atoms with Crippen molar-refractivity contribution >= 4 is 12.0 Å². The topological polar surface area (TPSA) is 105 Å². The molecule has 0 spiro atoms. The van der Waals surface area contributed by atoms with E-state index in [-0.39, 0.29) is 36.2 Å². The molecule has 2 saturated heterocycles. The van der Waals surface area contributed by atoms with Gasteiger partial charge in [0.1, 0.15) is 11.5 Å². The Labute approximate surface area is 217 Å². The maximum atomic E-state index is 13.2. The molecule has 2 atom stereocenters. The first-order valence-electron chi connectivity index (χ1n) is 14.0. The Morgan fingerprint density at radius 3 is 2.41 bits per heavy atom. The summed E-state index contributed by atoms with van der Waals surface area (Å²) in [5, 5.41) is 16.9. The van der Waals surface area contributed by atoms with Crippen LogP contribution in [0.5, 0.6) is 0 Å². The lowest BCUT2D eigenvalue weighted by Crippen LogP contribution is -2.54. The number of aromatic nitrogens is 1. The number of benzene rings is 1. The third-order valence-corrected chi connectivity index (χ3v) is 8.96. The van der Waals surface area contributed by atoms with E-state index < -0.39 is 5.97 Å². The van der Waals surface area contributed by atoms with Crippen molar-refractivity contribution in [3.63, 3.8) is 0 Å². The molecule has 2 aliphatic heterocycles. The summed E-state index contributed by atoms with van der Waals surface area (Å²) >= 11 is 0. The van der Waals surface area contributed by atoms with Crippen molar-refractivity contribution in [2.75, 3.05) is 0 Å². The Bertz CT molecular complexity index is 1140. The molecule has 2 amide bonds. The zero-order valence-electron chi connectivity index (χ0n) is 21.5. The van der Waals surface area contributed by atoms with Crippen LogP contribution in [-0.2, 0) is 16.1 Å². The van der Waals surface area contributed by atoms with Gasteiger partial charge in [-0.3, -0.25) is 4.79 Å². The van der Waals surface area contributed by atoms with Gasteiger partial charge in [-0.15, -0.1) is 0 Å². The summed E-state index contributed by atoms with van der Waals surface area (Å²) in [6.07, 6.45) is 8.87. The molecule has 0 radical (unpaired) electrons. The molecular weight excluding hydrogens is 470 g/mol. The molecule has 4 fully saturated rings. The minimum atomic E-state index is -0.716. The molecule has 2 bridgehead atoms.